The molecule has 0 bridgehead atoms. The zero-order valence-electron chi connectivity index (χ0n) is 5.71. The van der Waals surface area contributed by atoms with Gasteiger partial charge in [-0.2, -0.15) is 0 Å². The molecule has 0 saturated heterocycles. The molecule has 0 unspecified atom stereocenters. The summed E-state index contributed by atoms with van der Waals surface area (Å²) in [5, 5.41) is 0. The molecule has 1 heteroatoms. The number of hydrogen-bond acceptors (Lipinski definition) is 1. The molecule has 0 N–H and O–H groups in total. The highest BCUT2D eigenvalue weighted by atomic mass is 16.5. The average Bonchev–Trinajstić information content (AvgIpc) is 1.89. The van der Waals surface area contributed by atoms with Crippen LogP contribution < -0.4 is 0 Å². The molecule has 9 heavy (non-hydrogen) atoms. The van der Waals surface area contributed by atoms with E-state index in [0.29, 0.717) is 6.61 Å². The molecule has 1 nitrogen and oxygen atoms in total. The fraction of sp³-hybridized carbons (Fsp3) is 0.250. The maximum absolute atomic E-state index is 4.78. The van der Waals surface area contributed by atoms with Crippen molar-refractivity contribution >= 4 is 0 Å². The second-order valence-electron chi connectivity index (χ2n) is 1.50. The summed E-state index contributed by atoms with van der Waals surface area (Å²) in [4.78, 5) is 0. The van der Waals surface area contributed by atoms with Gasteiger partial charge in [-0.3, -0.25) is 0 Å². The van der Waals surface area contributed by atoms with E-state index in [1.54, 1.807) is 13.2 Å². The third-order valence-corrected chi connectivity index (χ3v) is 0.757. The van der Waals surface area contributed by atoms with E-state index in [1.165, 1.54) is 0 Å². The van der Waals surface area contributed by atoms with E-state index >= 15 is 0 Å². The summed E-state index contributed by atoms with van der Waals surface area (Å²) >= 11 is 0. The minimum Gasteiger partial charge on any atom is -0.381 e. The molecule has 0 radical (unpaired) electrons. The molecule has 0 aromatic heterocycles. The Hall–Kier alpha value is -0.820. The number of rotatable bonds is 4. The molecular weight excluding hydrogens is 112 g/mol. The lowest BCUT2D eigenvalue weighted by atomic mass is 10.4. The van der Waals surface area contributed by atoms with Crippen molar-refractivity contribution in [3.63, 3.8) is 0 Å². The molecule has 0 amide bonds. The average molecular weight is 124 g/mol. The molecular formula is C8H12O. The van der Waals surface area contributed by atoms with Crippen molar-refractivity contribution in [2.24, 2.45) is 0 Å². The largest absolute Gasteiger partial charge is 0.381 e. The van der Waals surface area contributed by atoms with Gasteiger partial charge in [0.15, 0.2) is 0 Å². The zero-order valence-corrected chi connectivity index (χ0v) is 5.71. The molecule has 0 aliphatic rings. The van der Waals surface area contributed by atoms with Crippen molar-refractivity contribution in [3.05, 3.63) is 37.0 Å². The van der Waals surface area contributed by atoms with Crippen molar-refractivity contribution in [3.8, 4) is 0 Å². The van der Waals surface area contributed by atoms with Gasteiger partial charge in [-0.25, -0.2) is 0 Å². The topological polar surface area (TPSA) is 9.23 Å². The number of hydrogen-bond donors (Lipinski definition) is 0. The van der Waals surface area contributed by atoms with Crippen LogP contribution in [0.25, 0.3) is 0 Å². The normalized spacial score (nSPS) is 11.2. The molecule has 0 aromatic carbocycles. The summed E-state index contributed by atoms with van der Waals surface area (Å²) < 4.78 is 4.78. The molecule has 0 aliphatic carbocycles. The first-order valence-electron chi connectivity index (χ1n) is 2.85. The quantitative estimate of drug-likeness (QED) is 0.520. The van der Waals surface area contributed by atoms with Crippen LogP contribution in [0, 0.1) is 0 Å². The highest BCUT2D eigenvalue weighted by molar-refractivity contribution is 5.08. The van der Waals surface area contributed by atoms with Crippen LogP contribution in [-0.4, -0.2) is 13.7 Å². The number of methoxy groups -OCH3 is 1. The van der Waals surface area contributed by atoms with E-state index in [2.05, 4.69) is 6.58 Å². The third kappa shape index (κ3) is 7.18. The Kier molecular flexibility index (Phi) is 6.53. The van der Waals surface area contributed by atoms with E-state index in [4.69, 9.17) is 4.74 Å². The SMILES string of the molecule is C=C/C=C\C=C/COC. The lowest BCUT2D eigenvalue weighted by molar-refractivity contribution is 0.234. The van der Waals surface area contributed by atoms with Crippen molar-refractivity contribution < 1.29 is 4.74 Å². The van der Waals surface area contributed by atoms with E-state index in [-0.39, 0.29) is 0 Å². The number of allylic oxidation sites excluding steroid dienone is 4. The molecule has 0 saturated carbocycles. The van der Waals surface area contributed by atoms with Crippen LogP contribution in [0.4, 0.5) is 0 Å². The summed E-state index contributed by atoms with van der Waals surface area (Å²) in [6.07, 6.45) is 9.36. The van der Waals surface area contributed by atoms with Gasteiger partial charge in [0.05, 0.1) is 6.61 Å². The van der Waals surface area contributed by atoms with E-state index in [1.807, 2.05) is 24.3 Å². The van der Waals surface area contributed by atoms with Crippen LogP contribution in [-0.2, 0) is 4.74 Å². The predicted octanol–water partition coefficient (Wildman–Crippen LogP) is 1.93. The van der Waals surface area contributed by atoms with Gasteiger partial charge in [0.25, 0.3) is 0 Å². The Morgan fingerprint density at radius 1 is 1.33 bits per heavy atom. The van der Waals surface area contributed by atoms with Crippen LogP contribution in [0.5, 0.6) is 0 Å². The van der Waals surface area contributed by atoms with Gasteiger partial charge in [-0.05, 0) is 0 Å². The lowest BCUT2D eigenvalue weighted by Gasteiger charge is -1.83. The maximum Gasteiger partial charge on any atom is 0.0646 e. The van der Waals surface area contributed by atoms with Crippen LogP contribution in [0.15, 0.2) is 37.0 Å². The Bertz CT molecular complexity index is 112. The fourth-order valence-electron chi connectivity index (χ4n) is 0.373. The van der Waals surface area contributed by atoms with Gasteiger partial charge in [-0.15, -0.1) is 0 Å². The summed E-state index contributed by atoms with van der Waals surface area (Å²) in [6, 6.07) is 0. The summed E-state index contributed by atoms with van der Waals surface area (Å²) in [7, 11) is 1.67. The maximum atomic E-state index is 4.78. The van der Waals surface area contributed by atoms with Crippen molar-refractivity contribution in [1.82, 2.24) is 0 Å². The smallest absolute Gasteiger partial charge is 0.0646 e. The fourth-order valence-corrected chi connectivity index (χ4v) is 0.373. The molecule has 0 spiro atoms. The van der Waals surface area contributed by atoms with Crippen LogP contribution in [0.3, 0.4) is 0 Å². The van der Waals surface area contributed by atoms with Gasteiger partial charge < -0.3 is 4.74 Å². The first kappa shape index (κ1) is 8.18. The monoisotopic (exact) mass is 124 g/mol. The van der Waals surface area contributed by atoms with Gasteiger partial charge in [0, 0.05) is 7.11 Å². The Balaban J connectivity index is 3.23. The number of ether oxygens (including phenoxy) is 1. The molecule has 0 rings (SSSR count). The van der Waals surface area contributed by atoms with E-state index < -0.39 is 0 Å². The second kappa shape index (κ2) is 7.18. The predicted molar refractivity (Wildman–Crippen MR) is 40.4 cm³/mol. The standard InChI is InChI=1S/C8H12O/c1-3-4-5-6-7-8-9-2/h3-7H,1,8H2,2H3/b5-4-,7-6-. The second-order valence-corrected chi connectivity index (χ2v) is 1.50. The summed E-state index contributed by atoms with van der Waals surface area (Å²) in [5.74, 6) is 0. The molecule has 0 aliphatic heterocycles. The van der Waals surface area contributed by atoms with E-state index in [9.17, 15) is 0 Å². The summed E-state index contributed by atoms with van der Waals surface area (Å²) in [5.41, 5.74) is 0. The molecule has 0 heterocycles. The summed E-state index contributed by atoms with van der Waals surface area (Å²) in [6.45, 7) is 4.19. The third-order valence-electron chi connectivity index (χ3n) is 0.757. The van der Waals surface area contributed by atoms with Crippen molar-refractivity contribution in [1.29, 1.82) is 0 Å². The molecule has 50 valence electrons. The lowest BCUT2D eigenvalue weighted by Crippen LogP contribution is -1.78. The first-order chi connectivity index (χ1) is 4.41. The van der Waals surface area contributed by atoms with Crippen LogP contribution in [0.2, 0.25) is 0 Å². The molecule has 0 aromatic rings. The minimum atomic E-state index is 0.668. The Morgan fingerprint density at radius 2 is 2.11 bits per heavy atom. The first-order valence-corrected chi connectivity index (χ1v) is 2.85. The zero-order chi connectivity index (χ0) is 6.95. The van der Waals surface area contributed by atoms with Gasteiger partial charge in [0.2, 0.25) is 0 Å². The Labute approximate surface area is 56.3 Å². The van der Waals surface area contributed by atoms with Crippen LogP contribution in [0.1, 0.15) is 0 Å². The highest BCUT2D eigenvalue weighted by Gasteiger charge is 1.65. The van der Waals surface area contributed by atoms with Gasteiger partial charge in [-0.1, -0.05) is 37.0 Å². The van der Waals surface area contributed by atoms with Gasteiger partial charge in [0.1, 0.15) is 0 Å². The van der Waals surface area contributed by atoms with Crippen molar-refractivity contribution in [2.45, 2.75) is 0 Å². The van der Waals surface area contributed by atoms with Gasteiger partial charge >= 0.3 is 0 Å². The molecule has 0 atom stereocenters. The minimum absolute atomic E-state index is 0.668. The molecule has 0 fully saturated rings. The highest BCUT2D eigenvalue weighted by Crippen LogP contribution is 1.77. The van der Waals surface area contributed by atoms with E-state index in [0.717, 1.165) is 0 Å². The van der Waals surface area contributed by atoms with Crippen molar-refractivity contribution in [2.75, 3.05) is 13.7 Å². The van der Waals surface area contributed by atoms with Crippen LogP contribution >= 0.6 is 0 Å². The Morgan fingerprint density at radius 3 is 2.67 bits per heavy atom.